The van der Waals surface area contributed by atoms with E-state index in [1.165, 1.54) is 11.5 Å². The van der Waals surface area contributed by atoms with Crippen molar-refractivity contribution in [2.75, 3.05) is 0 Å². The van der Waals surface area contributed by atoms with Crippen LogP contribution in [0.5, 0.6) is 0 Å². The van der Waals surface area contributed by atoms with Crippen LogP contribution in [-0.4, -0.2) is 14.5 Å². The summed E-state index contributed by atoms with van der Waals surface area (Å²) in [5.74, 6) is 0. The van der Waals surface area contributed by atoms with E-state index in [9.17, 15) is 5.11 Å². The molecule has 0 aliphatic rings. The molecule has 2 rings (SSSR count). The third kappa shape index (κ3) is 2.81. The number of hydrogen-bond donors (Lipinski definition) is 1. The number of rotatable bonds is 4. The Balaban J connectivity index is 2.07. The SMILES string of the molecule is CC[C@H](O)c1ccc(Sc2ncns2)cc1. The molecule has 0 unspecified atom stereocenters. The van der Waals surface area contributed by atoms with Crippen LogP contribution in [0.15, 0.2) is 39.8 Å². The van der Waals surface area contributed by atoms with Gasteiger partial charge in [0.1, 0.15) is 6.33 Å². The first-order chi connectivity index (χ1) is 7.79. The Labute approximate surface area is 103 Å². The lowest BCUT2D eigenvalue weighted by Crippen LogP contribution is -1.93. The van der Waals surface area contributed by atoms with E-state index < -0.39 is 0 Å². The summed E-state index contributed by atoms with van der Waals surface area (Å²) in [7, 11) is 0. The zero-order chi connectivity index (χ0) is 11.4. The summed E-state index contributed by atoms with van der Waals surface area (Å²) in [4.78, 5) is 5.22. The van der Waals surface area contributed by atoms with Crippen molar-refractivity contribution < 1.29 is 5.11 Å². The Morgan fingerprint density at radius 3 is 2.69 bits per heavy atom. The molecular formula is C11H12N2OS2. The smallest absolute Gasteiger partial charge is 0.174 e. The lowest BCUT2D eigenvalue weighted by molar-refractivity contribution is 0.173. The van der Waals surface area contributed by atoms with Gasteiger partial charge in [-0.15, -0.1) is 0 Å². The third-order valence-electron chi connectivity index (χ3n) is 2.20. The number of aliphatic hydroxyl groups is 1. The normalized spacial score (nSPS) is 12.6. The first-order valence-corrected chi connectivity index (χ1v) is 6.61. The van der Waals surface area contributed by atoms with E-state index in [0.717, 1.165) is 21.2 Å². The number of benzene rings is 1. The highest BCUT2D eigenvalue weighted by Crippen LogP contribution is 2.29. The van der Waals surface area contributed by atoms with Crippen molar-refractivity contribution in [1.29, 1.82) is 0 Å². The molecule has 0 spiro atoms. The second-order valence-corrected chi connectivity index (χ2v) is 5.40. The van der Waals surface area contributed by atoms with Crippen molar-refractivity contribution in [3.05, 3.63) is 36.2 Å². The molecule has 1 aromatic carbocycles. The average Bonchev–Trinajstić information content (AvgIpc) is 2.82. The number of hydrogen-bond acceptors (Lipinski definition) is 5. The van der Waals surface area contributed by atoms with Gasteiger partial charge in [-0.1, -0.05) is 30.8 Å². The van der Waals surface area contributed by atoms with Crippen LogP contribution >= 0.6 is 23.3 Å². The summed E-state index contributed by atoms with van der Waals surface area (Å²) in [5.41, 5.74) is 0.962. The van der Waals surface area contributed by atoms with Crippen LogP contribution in [0.1, 0.15) is 25.0 Å². The van der Waals surface area contributed by atoms with Gasteiger partial charge in [0.2, 0.25) is 0 Å². The fourth-order valence-corrected chi connectivity index (χ4v) is 2.72. The van der Waals surface area contributed by atoms with Crippen molar-refractivity contribution in [1.82, 2.24) is 9.36 Å². The fraction of sp³-hybridized carbons (Fsp3) is 0.273. The molecule has 1 N–H and O–H groups in total. The van der Waals surface area contributed by atoms with Gasteiger partial charge >= 0.3 is 0 Å². The Morgan fingerprint density at radius 1 is 1.38 bits per heavy atom. The van der Waals surface area contributed by atoms with Gasteiger partial charge in [-0.2, -0.15) is 4.37 Å². The van der Waals surface area contributed by atoms with Gasteiger partial charge in [-0.3, -0.25) is 0 Å². The van der Waals surface area contributed by atoms with E-state index >= 15 is 0 Å². The van der Waals surface area contributed by atoms with Gasteiger partial charge in [0.05, 0.1) is 6.10 Å². The van der Waals surface area contributed by atoms with Gasteiger partial charge < -0.3 is 5.11 Å². The first kappa shape index (κ1) is 11.6. The molecular weight excluding hydrogens is 240 g/mol. The minimum Gasteiger partial charge on any atom is -0.388 e. The summed E-state index contributed by atoms with van der Waals surface area (Å²) in [6.45, 7) is 1.97. The monoisotopic (exact) mass is 252 g/mol. The fourth-order valence-electron chi connectivity index (χ4n) is 1.30. The molecule has 0 amide bonds. The lowest BCUT2D eigenvalue weighted by atomic mass is 10.1. The first-order valence-electron chi connectivity index (χ1n) is 5.02. The average molecular weight is 252 g/mol. The van der Waals surface area contributed by atoms with E-state index in [0.29, 0.717) is 0 Å². The molecule has 3 nitrogen and oxygen atoms in total. The molecule has 84 valence electrons. The van der Waals surface area contributed by atoms with Gasteiger partial charge in [0.15, 0.2) is 4.34 Å². The van der Waals surface area contributed by atoms with E-state index in [2.05, 4.69) is 9.36 Å². The maximum absolute atomic E-state index is 9.65. The molecule has 0 radical (unpaired) electrons. The Kier molecular flexibility index (Phi) is 3.93. The van der Waals surface area contributed by atoms with Crippen LogP contribution in [-0.2, 0) is 0 Å². The molecule has 0 saturated carbocycles. The van der Waals surface area contributed by atoms with Crippen molar-refractivity contribution >= 4 is 23.3 Å². The van der Waals surface area contributed by atoms with Gasteiger partial charge in [0, 0.05) is 4.90 Å². The molecule has 0 fully saturated rings. The maximum atomic E-state index is 9.65. The summed E-state index contributed by atoms with van der Waals surface area (Å²) in [6, 6.07) is 7.91. The highest BCUT2D eigenvalue weighted by atomic mass is 32.2. The molecule has 0 bridgehead atoms. The zero-order valence-corrected chi connectivity index (χ0v) is 10.5. The van der Waals surface area contributed by atoms with Crippen molar-refractivity contribution in [2.24, 2.45) is 0 Å². The number of aromatic nitrogens is 2. The van der Waals surface area contributed by atoms with E-state index in [1.54, 1.807) is 18.1 Å². The molecule has 2 aromatic rings. The summed E-state index contributed by atoms with van der Waals surface area (Å²) < 4.78 is 4.88. The quantitative estimate of drug-likeness (QED) is 0.908. The van der Waals surface area contributed by atoms with Crippen molar-refractivity contribution in [3.63, 3.8) is 0 Å². The molecule has 16 heavy (non-hydrogen) atoms. The second-order valence-electron chi connectivity index (χ2n) is 3.30. The van der Waals surface area contributed by atoms with Crippen molar-refractivity contribution in [2.45, 2.75) is 28.7 Å². The molecule has 0 aliphatic carbocycles. The molecule has 5 heteroatoms. The number of aliphatic hydroxyl groups excluding tert-OH is 1. The topological polar surface area (TPSA) is 46.0 Å². The Hall–Kier alpha value is -0.910. The van der Waals surface area contributed by atoms with Crippen LogP contribution in [0.2, 0.25) is 0 Å². The Morgan fingerprint density at radius 2 is 2.12 bits per heavy atom. The lowest BCUT2D eigenvalue weighted by Gasteiger charge is -2.07. The highest BCUT2D eigenvalue weighted by molar-refractivity contribution is 8.01. The summed E-state index contributed by atoms with van der Waals surface area (Å²) in [6.07, 6.45) is 1.94. The zero-order valence-electron chi connectivity index (χ0n) is 8.83. The van der Waals surface area contributed by atoms with E-state index in [-0.39, 0.29) is 6.10 Å². The van der Waals surface area contributed by atoms with Crippen LogP contribution in [0.3, 0.4) is 0 Å². The molecule has 1 atom stereocenters. The summed E-state index contributed by atoms with van der Waals surface area (Å²) in [5, 5.41) is 9.65. The third-order valence-corrected chi connectivity index (χ3v) is 3.92. The van der Waals surface area contributed by atoms with Gasteiger partial charge in [0.25, 0.3) is 0 Å². The predicted octanol–water partition coefficient (Wildman–Crippen LogP) is 3.13. The van der Waals surface area contributed by atoms with Gasteiger partial charge in [-0.25, -0.2) is 4.98 Å². The van der Waals surface area contributed by atoms with Crippen molar-refractivity contribution in [3.8, 4) is 0 Å². The molecule has 0 saturated heterocycles. The standard InChI is InChI=1S/C11H12N2OS2/c1-2-10(14)8-3-5-9(6-4-8)15-11-12-7-13-16-11/h3-7,10,14H,2H2,1H3/t10-/m0/s1. The molecule has 1 aromatic heterocycles. The van der Waals surface area contributed by atoms with E-state index in [4.69, 9.17) is 0 Å². The van der Waals surface area contributed by atoms with E-state index in [1.807, 2.05) is 31.2 Å². The number of nitrogens with zero attached hydrogens (tertiary/aromatic N) is 2. The largest absolute Gasteiger partial charge is 0.388 e. The molecule has 0 aliphatic heterocycles. The highest BCUT2D eigenvalue weighted by Gasteiger charge is 2.05. The minimum absolute atomic E-state index is 0.361. The van der Waals surface area contributed by atoms with Crippen LogP contribution in [0.4, 0.5) is 0 Å². The molecule has 1 heterocycles. The summed E-state index contributed by atoms with van der Waals surface area (Å²) >= 11 is 2.97. The second kappa shape index (κ2) is 5.43. The van der Waals surface area contributed by atoms with Crippen LogP contribution < -0.4 is 0 Å². The van der Waals surface area contributed by atoms with Gasteiger partial charge in [-0.05, 0) is 35.6 Å². The Bertz CT molecular complexity index is 428. The van der Waals surface area contributed by atoms with Crippen LogP contribution in [0, 0.1) is 0 Å². The maximum Gasteiger partial charge on any atom is 0.174 e. The predicted molar refractivity (Wildman–Crippen MR) is 65.7 cm³/mol. The minimum atomic E-state index is -0.361. The van der Waals surface area contributed by atoms with Crippen LogP contribution in [0.25, 0.3) is 0 Å².